The average molecular weight is 255 g/mol. The molecule has 0 aliphatic heterocycles. The molecule has 17 heavy (non-hydrogen) atoms. The van der Waals surface area contributed by atoms with Crippen LogP contribution in [-0.4, -0.2) is 29.7 Å². The van der Waals surface area contributed by atoms with Gasteiger partial charge < -0.3 is 10.0 Å². The predicted molar refractivity (Wildman–Crippen MR) is 66.8 cm³/mol. The minimum absolute atomic E-state index is 0.181. The Morgan fingerprint density at radius 3 is 2.82 bits per heavy atom. The summed E-state index contributed by atoms with van der Waals surface area (Å²) in [4.78, 5) is 17.0. The molecule has 0 aromatic carbocycles. The normalized spacial score (nSPS) is 15.4. The van der Waals surface area contributed by atoms with Gasteiger partial charge in [0.15, 0.2) is 0 Å². The van der Waals surface area contributed by atoms with Crippen molar-refractivity contribution < 1.29 is 9.90 Å². The fourth-order valence-electron chi connectivity index (χ4n) is 1.96. The number of rotatable bonds is 4. The van der Waals surface area contributed by atoms with E-state index in [1.54, 1.807) is 6.07 Å². The van der Waals surface area contributed by atoms with Gasteiger partial charge in [-0.3, -0.25) is 0 Å². The summed E-state index contributed by atoms with van der Waals surface area (Å²) in [5.74, 6) is 0.350. The van der Waals surface area contributed by atoms with Crippen LogP contribution in [0, 0.1) is 5.92 Å². The van der Waals surface area contributed by atoms with Crippen LogP contribution in [0.25, 0.3) is 0 Å². The van der Waals surface area contributed by atoms with E-state index in [0.29, 0.717) is 11.7 Å². The van der Waals surface area contributed by atoms with Gasteiger partial charge in [0.2, 0.25) is 0 Å². The van der Waals surface area contributed by atoms with Crippen LogP contribution >= 0.6 is 11.6 Å². The van der Waals surface area contributed by atoms with Gasteiger partial charge in [0.05, 0.1) is 5.56 Å². The summed E-state index contributed by atoms with van der Waals surface area (Å²) in [6, 6.07) is 2.93. The van der Waals surface area contributed by atoms with Crippen molar-refractivity contribution in [1.29, 1.82) is 0 Å². The SMILES string of the molecule is CN(CC1CCC1)c1cc(C(=O)O)cc(Cl)n1. The van der Waals surface area contributed by atoms with Crippen LogP contribution in [0.3, 0.4) is 0 Å². The van der Waals surface area contributed by atoms with E-state index in [-0.39, 0.29) is 10.7 Å². The van der Waals surface area contributed by atoms with Crippen molar-refractivity contribution in [3.8, 4) is 0 Å². The molecule has 0 radical (unpaired) electrons. The number of carbonyl (C=O) groups is 1. The number of nitrogens with zero attached hydrogens (tertiary/aromatic N) is 2. The van der Waals surface area contributed by atoms with Crippen LogP contribution in [0.15, 0.2) is 12.1 Å². The summed E-state index contributed by atoms with van der Waals surface area (Å²) in [6.45, 7) is 0.909. The van der Waals surface area contributed by atoms with Crippen LogP contribution in [0.4, 0.5) is 5.82 Å². The molecule has 1 heterocycles. The third kappa shape index (κ3) is 2.88. The summed E-state index contributed by atoms with van der Waals surface area (Å²) < 4.78 is 0. The van der Waals surface area contributed by atoms with E-state index in [4.69, 9.17) is 16.7 Å². The van der Waals surface area contributed by atoms with Gasteiger partial charge in [0.1, 0.15) is 11.0 Å². The molecule has 0 amide bonds. The number of pyridine rings is 1. The molecule has 0 atom stereocenters. The van der Waals surface area contributed by atoms with Gasteiger partial charge in [-0.1, -0.05) is 18.0 Å². The lowest BCUT2D eigenvalue weighted by atomic mass is 9.85. The van der Waals surface area contributed by atoms with Crippen molar-refractivity contribution in [2.24, 2.45) is 5.92 Å². The second-order valence-electron chi connectivity index (χ2n) is 4.52. The van der Waals surface area contributed by atoms with E-state index in [2.05, 4.69) is 4.98 Å². The Balaban J connectivity index is 2.15. The maximum atomic E-state index is 10.9. The summed E-state index contributed by atoms with van der Waals surface area (Å²) in [5.41, 5.74) is 0.181. The Kier molecular flexibility index (Phi) is 3.52. The molecule has 1 saturated carbocycles. The first-order chi connectivity index (χ1) is 8.06. The molecule has 1 aromatic heterocycles. The van der Waals surface area contributed by atoms with Crippen molar-refractivity contribution in [2.75, 3.05) is 18.5 Å². The van der Waals surface area contributed by atoms with Crippen LogP contribution in [-0.2, 0) is 0 Å². The van der Waals surface area contributed by atoms with Crippen molar-refractivity contribution in [3.05, 3.63) is 22.8 Å². The van der Waals surface area contributed by atoms with Gasteiger partial charge in [-0.2, -0.15) is 0 Å². The number of aromatic carboxylic acids is 1. The summed E-state index contributed by atoms with van der Waals surface area (Å²) in [7, 11) is 1.92. The molecule has 0 unspecified atom stereocenters. The topological polar surface area (TPSA) is 53.4 Å². The number of anilines is 1. The first-order valence-electron chi connectivity index (χ1n) is 5.68. The number of hydrogen-bond acceptors (Lipinski definition) is 3. The fourth-order valence-corrected chi connectivity index (χ4v) is 2.16. The maximum absolute atomic E-state index is 10.9. The lowest BCUT2D eigenvalue weighted by Crippen LogP contribution is -2.30. The Morgan fingerprint density at radius 2 is 2.29 bits per heavy atom. The molecule has 4 nitrogen and oxygen atoms in total. The molecular formula is C12H15ClN2O2. The Morgan fingerprint density at radius 1 is 1.59 bits per heavy atom. The highest BCUT2D eigenvalue weighted by Gasteiger charge is 2.20. The van der Waals surface area contributed by atoms with E-state index in [1.807, 2.05) is 11.9 Å². The van der Waals surface area contributed by atoms with Gasteiger partial charge in [-0.25, -0.2) is 9.78 Å². The minimum Gasteiger partial charge on any atom is -0.478 e. The van der Waals surface area contributed by atoms with Gasteiger partial charge in [-0.15, -0.1) is 0 Å². The molecule has 0 saturated heterocycles. The van der Waals surface area contributed by atoms with Crippen LogP contribution in [0.1, 0.15) is 29.6 Å². The van der Waals surface area contributed by atoms with E-state index in [0.717, 1.165) is 6.54 Å². The highest BCUT2D eigenvalue weighted by molar-refractivity contribution is 6.29. The third-order valence-corrected chi connectivity index (χ3v) is 3.37. The van der Waals surface area contributed by atoms with Gasteiger partial charge in [0.25, 0.3) is 0 Å². The minimum atomic E-state index is -0.979. The van der Waals surface area contributed by atoms with Gasteiger partial charge in [0, 0.05) is 13.6 Å². The number of halogens is 1. The van der Waals surface area contributed by atoms with E-state index in [1.165, 1.54) is 25.3 Å². The number of carboxylic acid groups (broad SMARTS) is 1. The van der Waals surface area contributed by atoms with Crippen molar-refractivity contribution in [3.63, 3.8) is 0 Å². The zero-order chi connectivity index (χ0) is 12.4. The van der Waals surface area contributed by atoms with Crippen molar-refractivity contribution >= 4 is 23.4 Å². The lowest BCUT2D eigenvalue weighted by molar-refractivity contribution is 0.0697. The maximum Gasteiger partial charge on any atom is 0.335 e. The van der Waals surface area contributed by atoms with E-state index < -0.39 is 5.97 Å². The quantitative estimate of drug-likeness (QED) is 0.840. The summed E-state index contributed by atoms with van der Waals surface area (Å²) in [6.07, 6.45) is 3.79. The van der Waals surface area contributed by atoms with E-state index >= 15 is 0 Å². The smallest absolute Gasteiger partial charge is 0.335 e. The van der Waals surface area contributed by atoms with Crippen molar-refractivity contribution in [1.82, 2.24) is 4.98 Å². The second-order valence-corrected chi connectivity index (χ2v) is 4.91. The first-order valence-corrected chi connectivity index (χ1v) is 6.06. The highest BCUT2D eigenvalue weighted by Crippen LogP contribution is 2.28. The average Bonchev–Trinajstić information content (AvgIpc) is 2.22. The molecule has 92 valence electrons. The summed E-state index contributed by atoms with van der Waals surface area (Å²) in [5, 5.41) is 9.17. The third-order valence-electron chi connectivity index (χ3n) is 3.18. The zero-order valence-corrected chi connectivity index (χ0v) is 10.4. The second kappa shape index (κ2) is 4.92. The molecule has 2 rings (SSSR count). The molecule has 1 fully saturated rings. The molecule has 0 bridgehead atoms. The predicted octanol–water partition coefficient (Wildman–Crippen LogP) is 2.67. The zero-order valence-electron chi connectivity index (χ0n) is 9.69. The van der Waals surface area contributed by atoms with Crippen LogP contribution in [0.2, 0.25) is 5.15 Å². The van der Waals surface area contributed by atoms with Gasteiger partial charge in [-0.05, 0) is 30.9 Å². The molecule has 0 spiro atoms. The summed E-state index contributed by atoms with van der Waals surface area (Å²) >= 11 is 5.82. The molecular weight excluding hydrogens is 240 g/mol. The highest BCUT2D eigenvalue weighted by atomic mass is 35.5. The molecule has 1 aliphatic rings. The standard InChI is InChI=1S/C12H15ClN2O2/c1-15(7-8-3-2-4-8)11-6-9(12(16)17)5-10(13)14-11/h5-6,8H,2-4,7H2,1H3,(H,16,17). The van der Waals surface area contributed by atoms with Crippen LogP contribution in [0.5, 0.6) is 0 Å². The molecule has 1 N–H and O–H groups in total. The lowest BCUT2D eigenvalue weighted by Gasteiger charge is -2.30. The monoisotopic (exact) mass is 254 g/mol. The Bertz CT molecular complexity index is 433. The fraction of sp³-hybridized carbons (Fsp3) is 0.500. The Hall–Kier alpha value is -1.29. The van der Waals surface area contributed by atoms with Gasteiger partial charge >= 0.3 is 5.97 Å². The number of hydrogen-bond donors (Lipinski definition) is 1. The van der Waals surface area contributed by atoms with Crippen molar-refractivity contribution in [2.45, 2.75) is 19.3 Å². The van der Waals surface area contributed by atoms with E-state index in [9.17, 15) is 4.79 Å². The number of aromatic nitrogens is 1. The molecule has 1 aromatic rings. The molecule has 5 heteroatoms. The van der Waals surface area contributed by atoms with Crippen LogP contribution < -0.4 is 4.90 Å². The first kappa shape index (κ1) is 12.2. The molecule has 1 aliphatic carbocycles. The number of carboxylic acids is 1. The largest absolute Gasteiger partial charge is 0.478 e. The Labute approximate surface area is 105 Å².